The summed E-state index contributed by atoms with van der Waals surface area (Å²) in [4.78, 5) is 11.2. The number of benzene rings is 3. The van der Waals surface area contributed by atoms with E-state index in [0.29, 0.717) is 12.4 Å². The van der Waals surface area contributed by atoms with Crippen molar-refractivity contribution in [1.29, 1.82) is 0 Å². The molecular weight excluding hydrogens is 1070 g/mol. The summed E-state index contributed by atoms with van der Waals surface area (Å²) < 4.78 is 73.7. The van der Waals surface area contributed by atoms with Gasteiger partial charge in [-0.05, 0) is 76.6 Å². The van der Waals surface area contributed by atoms with Crippen molar-refractivity contribution in [1.82, 2.24) is 4.98 Å². The number of nitrogens with two attached hydrogens (primary N) is 1. The average molecular weight is 1130 g/mol. The van der Waals surface area contributed by atoms with Crippen molar-refractivity contribution < 1.29 is 45.0 Å². The number of pyridine rings is 1. The van der Waals surface area contributed by atoms with Gasteiger partial charge in [-0.25, -0.2) is 9.98 Å². The van der Waals surface area contributed by atoms with E-state index in [9.17, 15) is 26.3 Å². The fourth-order valence-electron chi connectivity index (χ4n) is 3.94. The smallest absolute Gasteiger partial charge is 1.00 e. The number of nitrogens with one attached hydrogen (secondary N) is 3. The molecule has 0 aliphatic carbocycles. The van der Waals surface area contributed by atoms with Crippen molar-refractivity contribution in [2.75, 3.05) is 36.0 Å². The Kier molecular flexibility index (Phi) is 41.5. The molecule has 4 rings (SSSR count). The molecule has 1 aromatic heterocycles. The Morgan fingerprint density at radius 1 is 0.811 bits per heavy atom. The third-order valence-corrected chi connectivity index (χ3v) is 5.92. The zero-order chi connectivity index (χ0) is 35.6. The Hall–Kier alpha value is -0.0957. The van der Waals surface area contributed by atoms with Crippen molar-refractivity contribution in [2.24, 2.45) is 4.99 Å². The molecule has 0 fully saturated rings. The van der Waals surface area contributed by atoms with Gasteiger partial charge in [-0.1, -0.05) is 64.7 Å². The van der Waals surface area contributed by atoms with E-state index in [1.165, 1.54) is 41.3 Å². The Labute approximate surface area is 442 Å². The van der Waals surface area contributed by atoms with Crippen LogP contribution in [0, 0.1) is 6.92 Å². The van der Waals surface area contributed by atoms with E-state index in [0.717, 1.165) is 36.6 Å². The molecule has 4 aromatic rings. The Bertz CT molecular complexity index is 1630. The Balaban J connectivity index is -0.0000000484. The number of halogens is 6. The van der Waals surface area contributed by atoms with Crippen LogP contribution in [0.15, 0.2) is 83.9 Å². The quantitative estimate of drug-likeness (QED) is 0.0451. The maximum Gasteiger partial charge on any atom is 2.00 e. The van der Waals surface area contributed by atoms with Crippen LogP contribution in [0.1, 0.15) is 82.1 Å². The number of nitrogens with zero attached hydrogens (tertiary/aromatic N) is 2. The minimum atomic E-state index is -4.35. The molecule has 0 aliphatic rings. The molecule has 6 N–H and O–H groups in total. The van der Waals surface area contributed by atoms with Crippen molar-refractivity contribution in [3.8, 4) is 0 Å². The van der Waals surface area contributed by atoms with Crippen LogP contribution in [0.2, 0.25) is 0 Å². The maximum absolute atomic E-state index is 12.6. The number of alkyl halides is 6. The molecule has 0 saturated carbocycles. The van der Waals surface area contributed by atoms with Crippen LogP contribution in [-0.4, -0.2) is 188 Å². The monoisotopic (exact) mass is 1130 g/mol. The van der Waals surface area contributed by atoms with Crippen LogP contribution in [-0.2, 0) is 12.4 Å². The number of nitrogen functional groups attached to an aromatic ring is 1. The second-order valence-electron chi connectivity index (χ2n) is 9.80. The zero-order valence-electron chi connectivity index (χ0n) is 35.4. The van der Waals surface area contributed by atoms with Crippen LogP contribution in [0.3, 0.4) is 0 Å². The number of aliphatic imine (C=N–C) groups is 1. The molecule has 0 aliphatic heterocycles. The Morgan fingerprint density at radius 2 is 1.30 bits per heavy atom. The van der Waals surface area contributed by atoms with Crippen LogP contribution in [0.25, 0.3) is 10.9 Å². The number of rotatable bonds is 5. The predicted molar refractivity (Wildman–Crippen MR) is 224 cm³/mol. The molecule has 16 heteroatoms. The van der Waals surface area contributed by atoms with Gasteiger partial charge >= 0.3 is 165 Å². The van der Waals surface area contributed by atoms with Gasteiger partial charge in [0, 0.05) is 24.2 Å². The average Bonchev–Trinajstić information content (AvgIpc) is 2.98. The number of amidine groups is 1. The van der Waals surface area contributed by atoms with Gasteiger partial charge < -0.3 is 30.0 Å². The second-order valence-corrected chi connectivity index (χ2v) is 9.80. The molecule has 0 bridgehead atoms. The molecule has 53 heavy (non-hydrogen) atoms. The molecule has 0 unspecified atom stereocenters. The van der Waals surface area contributed by atoms with Crippen molar-refractivity contribution in [3.63, 3.8) is 0 Å². The van der Waals surface area contributed by atoms with Crippen LogP contribution >= 0.6 is 0 Å². The molecule has 0 spiro atoms. The fraction of sp³-hybridized carbons (Fsp3) is 0.378. The van der Waals surface area contributed by atoms with Gasteiger partial charge in [-0.3, -0.25) is 4.99 Å². The zero-order valence-corrected chi connectivity index (χ0v) is 42.8. The van der Waals surface area contributed by atoms with Crippen LogP contribution < -0.4 is 21.4 Å². The number of para-hydroxylation sites is 3. The van der Waals surface area contributed by atoms with E-state index in [1.807, 2.05) is 32.0 Å². The number of aromatic nitrogens is 1. The summed E-state index contributed by atoms with van der Waals surface area (Å²) in [7, 11) is 0. The van der Waals surface area contributed by atoms with Crippen molar-refractivity contribution >= 4 is 186 Å². The van der Waals surface area contributed by atoms with Gasteiger partial charge in [0.1, 0.15) is 12.4 Å². The van der Waals surface area contributed by atoms with E-state index >= 15 is 0 Å². The molecule has 1 heterocycles. The van der Waals surface area contributed by atoms with E-state index in [1.54, 1.807) is 19.9 Å². The molecule has 7 nitrogen and oxygen atoms in total. The normalized spacial score (nSPS) is 10.3. The van der Waals surface area contributed by atoms with E-state index in [-0.39, 0.29) is 195 Å². The van der Waals surface area contributed by atoms with Crippen LogP contribution in [0.5, 0.6) is 0 Å². The van der Waals surface area contributed by atoms with Gasteiger partial charge in [0.05, 0.1) is 35.1 Å². The van der Waals surface area contributed by atoms with E-state index in [2.05, 4.69) is 51.6 Å². The summed E-state index contributed by atoms with van der Waals surface area (Å²) in [6.45, 7) is 13.4. The third kappa shape index (κ3) is 26.5. The number of hydrogen-bond acceptors (Lipinski definition) is 4. The third-order valence-electron chi connectivity index (χ3n) is 5.92. The van der Waals surface area contributed by atoms with E-state index in [4.69, 9.17) is 10.8 Å². The fourth-order valence-corrected chi connectivity index (χ4v) is 3.94. The molecule has 0 radical (unpaired) electrons. The standard InChI is InChI=1S/C12H14N2.C11H13F3N2.C7H6F3N.C4H9NO.3CH4.3Ba.6H/c1-3-13-12-8-9(2)10-6-4-5-7-11(10)14-12;1-3-15-8(2)16-10-7-5-4-6-9(10)11(12,13)14;8-7(9,10)5-3-1-2-4-6(5)11;1-3-5-4(2)6;;;;;;;;;;;;/h4-8H,3H2,1-2H3,(H,13,14);4-7H,3H2,1-2H3,(H,15,16);1-4H,11H2;3H2,1-2H3,(H,5,6);3*1H4;;;;;;;;;/q;;;;;;;3*+2;6*-1/p+1. The number of aliphatic hydroxyl groups excluding tert-OH is 1. The molecule has 0 amide bonds. The summed E-state index contributed by atoms with van der Waals surface area (Å²) in [6.07, 6.45) is -8.69. The minimum Gasteiger partial charge on any atom is -1.00 e. The van der Waals surface area contributed by atoms with Crippen molar-refractivity contribution in [3.05, 3.63) is 95.6 Å². The number of aryl methyl sites for hydroxylation is 1. The SMILES string of the molecule is C.C.C.CCN=C(C)Nc1ccccc1C(F)(F)F.CCNc1cc(C)c2ccccc2n1.CC[NH+]=C(C)O.Nc1ccccc1C(F)(F)F.[Ba+2].[Ba+2].[Ba+2].[H-].[H-].[H-].[H-].[H-].[H-]. The van der Waals surface area contributed by atoms with Gasteiger partial charge in [-0.15, -0.1) is 0 Å². The first kappa shape index (κ1) is 64.8. The summed E-state index contributed by atoms with van der Waals surface area (Å²) in [6, 6.07) is 20.6. The molecule has 3 aromatic carbocycles. The largest absolute Gasteiger partial charge is 2.00 e. The number of hydrogen-bond donors (Lipinski definition) is 5. The molecule has 292 valence electrons. The maximum atomic E-state index is 12.6. The Morgan fingerprint density at radius 3 is 1.74 bits per heavy atom. The summed E-state index contributed by atoms with van der Waals surface area (Å²) >= 11 is 0. The summed E-state index contributed by atoms with van der Waals surface area (Å²) in [5, 5.41) is 15.5. The summed E-state index contributed by atoms with van der Waals surface area (Å²) in [5.74, 6) is 1.72. The predicted octanol–water partition coefficient (Wildman–Crippen LogP) is 9.32. The first-order chi connectivity index (χ1) is 22.0. The van der Waals surface area contributed by atoms with E-state index < -0.39 is 23.5 Å². The van der Waals surface area contributed by atoms with Gasteiger partial charge in [0.25, 0.3) is 0 Å². The van der Waals surface area contributed by atoms with Crippen LogP contribution in [0.4, 0.5) is 43.5 Å². The topological polar surface area (TPSA) is 110 Å². The van der Waals surface area contributed by atoms with Gasteiger partial charge in [0.2, 0.25) is 0 Å². The minimum absolute atomic E-state index is 0. The molecular formula is C37H61Ba3F6N6O+. The van der Waals surface area contributed by atoms with Gasteiger partial charge in [-0.2, -0.15) is 26.3 Å². The molecule has 0 atom stereocenters. The number of anilines is 3. The number of fused-ring (bicyclic) bond motifs is 1. The molecule has 0 saturated heterocycles. The number of aliphatic hydroxyl groups is 1. The second kappa shape index (κ2) is 34.0. The van der Waals surface area contributed by atoms with Gasteiger partial charge in [0.15, 0.2) is 0 Å². The van der Waals surface area contributed by atoms with Crippen molar-refractivity contribution in [2.45, 2.75) is 76.2 Å². The first-order valence-electron chi connectivity index (χ1n) is 14.8. The first-order valence-corrected chi connectivity index (χ1v) is 14.8. The summed E-state index contributed by atoms with van der Waals surface area (Å²) in [5.41, 5.74) is 5.75.